The maximum absolute atomic E-state index is 11.3. The highest BCUT2D eigenvalue weighted by atomic mass is 32.2. The first-order valence-electron chi connectivity index (χ1n) is 6.87. The van der Waals surface area contributed by atoms with Gasteiger partial charge in [0.25, 0.3) is 0 Å². The van der Waals surface area contributed by atoms with E-state index < -0.39 is 6.09 Å². The van der Waals surface area contributed by atoms with Gasteiger partial charge in [-0.3, -0.25) is 0 Å². The minimum absolute atomic E-state index is 0.0621. The van der Waals surface area contributed by atoms with Crippen molar-refractivity contribution in [3.8, 4) is 0 Å². The molecule has 3 nitrogen and oxygen atoms in total. The van der Waals surface area contributed by atoms with Crippen LogP contribution in [0.3, 0.4) is 0 Å². The number of thiophene rings is 1. The fourth-order valence-corrected chi connectivity index (χ4v) is 7.58. The first-order valence-corrected chi connectivity index (χ1v) is 9.72. The van der Waals surface area contributed by atoms with Crippen LogP contribution in [0.5, 0.6) is 0 Å². The maximum Gasteiger partial charge on any atom is 0.407 e. The van der Waals surface area contributed by atoms with Gasteiger partial charge >= 0.3 is 6.09 Å². The van der Waals surface area contributed by atoms with Gasteiger partial charge in [0.1, 0.15) is 0 Å². The molecule has 1 aromatic rings. The highest BCUT2D eigenvalue weighted by molar-refractivity contribution is 8.18. The highest BCUT2D eigenvalue weighted by Gasteiger charge is 2.55. The van der Waals surface area contributed by atoms with Crippen LogP contribution in [0.4, 0.5) is 4.79 Å². The summed E-state index contributed by atoms with van der Waals surface area (Å²) in [4.78, 5) is 14.3. The zero-order chi connectivity index (χ0) is 14.2. The van der Waals surface area contributed by atoms with Crippen molar-refractivity contribution in [1.82, 2.24) is 4.90 Å². The summed E-state index contributed by atoms with van der Waals surface area (Å²) in [5, 5.41) is 11.4. The fraction of sp³-hybridized carbons (Fsp3) is 0.643. The van der Waals surface area contributed by atoms with Crippen molar-refractivity contribution in [2.45, 2.75) is 35.3 Å². The van der Waals surface area contributed by atoms with E-state index in [9.17, 15) is 9.90 Å². The second kappa shape index (κ2) is 5.46. The van der Waals surface area contributed by atoms with E-state index in [2.05, 4.69) is 17.5 Å². The average molecular weight is 330 g/mol. The van der Waals surface area contributed by atoms with Gasteiger partial charge in [0.05, 0.1) is 4.08 Å². The van der Waals surface area contributed by atoms with Crippen LogP contribution < -0.4 is 0 Å². The molecule has 0 spiro atoms. The molecule has 2 heterocycles. The number of thioether (sulfide) groups is 2. The topological polar surface area (TPSA) is 40.5 Å². The van der Waals surface area contributed by atoms with Crippen molar-refractivity contribution in [2.24, 2.45) is 0 Å². The van der Waals surface area contributed by atoms with Crippen molar-refractivity contribution < 1.29 is 9.90 Å². The Morgan fingerprint density at radius 3 is 2.60 bits per heavy atom. The van der Waals surface area contributed by atoms with E-state index >= 15 is 0 Å². The molecule has 1 amide bonds. The number of hydrogen-bond acceptors (Lipinski definition) is 4. The van der Waals surface area contributed by atoms with Gasteiger partial charge in [-0.05, 0) is 48.6 Å². The van der Waals surface area contributed by atoms with Gasteiger partial charge in [-0.15, -0.1) is 34.9 Å². The van der Waals surface area contributed by atoms with E-state index in [-0.39, 0.29) is 9.62 Å². The predicted octanol–water partition coefficient (Wildman–Crippen LogP) is 4.30. The molecule has 6 heteroatoms. The summed E-state index contributed by atoms with van der Waals surface area (Å²) in [6.45, 7) is 0. The van der Waals surface area contributed by atoms with Crippen molar-refractivity contribution in [3.63, 3.8) is 0 Å². The zero-order valence-corrected chi connectivity index (χ0v) is 14.0. The summed E-state index contributed by atoms with van der Waals surface area (Å²) in [6.07, 6.45) is 3.41. The van der Waals surface area contributed by atoms with Crippen LogP contribution in [-0.2, 0) is 4.08 Å². The third-order valence-electron chi connectivity index (χ3n) is 4.24. The quantitative estimate of drug-likeness (QED) is 0.894. The maximum atomic E-state index is 11.3. The van der Waals surface area contributed by atoms with Crippen molar-refractivity contribution >= 4 is 41.0 Å². The lowest BCUT2D eigenvalue weighted by molar-refractivity contribution is 0.128. The van der Waals surface area contributed by atoms with Crippen LogP contribution in [0.25, 0.3) is 0 Å². The smallest absolute Gasteiger partial charge is 0.407 e. The summed E-state index contributed by atoms with van der Waals surface area (Å²) in [6, 6.07) is 4.32. The summed E-state index contributed by atoms with van der Waals surface area (Å²) in [5.41, 5.74) is -0.132. The number of nitrogens with zero attached hydrogens (tertiary/aromatic N) is 1. The average Bonchev–Trinajstić information content (AvgIpc) is 3.01. The minimum Gasteiger partial charge on any atom is -0.465 e. The molecule has 2 fully saturated rings. The molecule has 1 saturated carbocycles. The molecule has 0 unspecified atom stereocenters. The van der Waals surface area contributed by atoms with Crippen molar-refractivity contribution in [2.75, 3.05) is 18.6 Å². The molecule has 20 heavy (non-hydrogen) atoms. The largest absolute Gasteiger partial charge is 0.465 e. The molecule has 0 radical (unpaired) electrons. The monoisotopic (exact) mass is 329 g/mol. The van der Waals surface area contributed by atoms with Gasteiger partial charge in [0, 0.05) is 17.5 Å². The Kier molecular flexibility index (Phi) is 3.99. The lowest BCUT2D eigenvalue weighted by atomic mass is 10.1. The second-order valence-corrected chi connectivity index (χ2v) is 9.52. The third-order valence-corrected chi connectivity index (χ3v) is 8.89. The van der Waals surface area contributed by atoms with Crippen LogP contribution >= 0.6 is 34.9 Å². The molecular weight excluding hydrogens is 310 g/mol. The molecule has 1 saturated heterocycles. The standard InChI is InChI=1S/C14H19NO2S3/c1-15(12(16)17)13(5-6-13)10-14(11-4-2-7-18-11)19-8-3-9-20-14/h2,4,7H,3,5-6,8-10H2,1H3,(H,16,17). The molecule has 3 rings (SSSR count). The Morgan fingerprint density at radius 2 is 2.10 bits per heavy atom. The Bertz CT molecular complexity index is 479. The Balaban J connectivity index is 1.86. The summed E-state index contributed by atoms with van der Waals surface area (Å²) in [7, 11) is 1.73. The third kappa shape index (κ3) is 2.57. The van der Waals surface area contributed by atoms with Crippen LogP contribution in [0.1, 0.15) is 30.6 Å². The lowest BCUT2D eigenvalue weighted by Crippen LogP contribution is -2.42. The summed E-state index contributed by atoms with van der Waals surface area (Å²) in [5.74, 6) is 2.36. The second-order valence-electron chi connectivity index (χ2n) is 5.52. The first-order chi connectivity index (χ1) is 9.58. The number of carboxylic acid groups (broad SMARTS) is 1. The SMILES string of the molecule is CN(C(=O)O)C1(CC2(c3cccs3)SCCCS2)CC1. The highest BCUT2D eigenvalue weighted by Crippen LogP contribution is 2.60. The van der Waals surface area contributed by atoms with Gasteiger partial charge < -0.3 is 10.0 Å². The summed E-state index contributed by atoms with van der Waals surface area (Å²) >= 11 is 5.85. The fourth-order valence-electron chi connectivity index (χ4n) is 2.81. The van der Waals surface area contributed by atoms with Gasteiger partial charge in [0.2, 0.25) is 0 Å². The minimum atomic E-state index is -0.797. The molecule has 0 bridgehead atoms. The number of amides is 1. The normalized spacial score (nSPS) is 23.2. The predicted molar refractivity (Wildman–Crippen MR) is 87.9 cm³/mol. The van der Waals surface area contributed by atoms with E-state index in [1.807, 2.05) is 34.9 Å². The van der Waals surface area contributed by atoms with Gasteiger partial charge in [-0.1, -0.05) is 6.07 Å². The van der Waals surface area contributed by atoms with Crippen LogP contribution in [0.2, 0.25) is 0 Å². The van der Waals surface area contributed by atoms with E-state index in [4.69, 9.17) is 0 Å². The molecule has 1 N–H and O–H groups in total. The van der Waals surface area contributed by atoms with Crippen LogP contribution in [-0.4, -0.2) is 40.2 Å². The molecule has 1 aromatic heterocycles. The molecule has 1 aliphatic heterocycles. The van der Waals surface area contributed by atoms with Crippen LogP contribution in [0.15, 0.2) is 17.5 Å². The molecule has 2 aliphatic rings. The number of rotatable bonds is 4. The van der Waals surface area contributed by atoms with Gasteiger partial charge in [-0.2, -0.15) is 0 Å². The Hall–Kier alpha value is -0.330. The molecule has 1 aliphatic carbocycles. The zero-order valence-electron chi connectivity index (χ0n) is 11.5. The molecule has 110 valence electrons. The Labute approximate surface area is 132 Å². The van der Waals surface area contributed by atoms with E-state index in [0.717, 1.165) is 19.3 Å². The molecule has 0 aromatic carbocycles. The van der Waals surface area contributed by atoms with E-state index in [1.165, 1.54) is 22.8 Å². The van der Waals surface area contributed by atoms with Gasteiger partial charge in [-0.25, -0.2) is 4.79 Å². The van der Waals surface area contributed by atoms with Crippen molar-refractivity contribution in [3.05, 3.63) is 22.4 Å². The molecule has 0 atom stereocenters. The van der Waals surface area contributed by atoms with Crippen molar-refractivity contribution in [1.29, 1.82) is 0 Å². The van der Waals surface area contributed by atoms with Crippen LogP contribution in [0, 0.1) is 0 Å². The molecular formula is C14H19NO2S3. The lowest BCUT2D eigenvalue weighted by Gasteiger charge is -2.40. The van der Waals surface area contributed by atoms with E-state index in [1.54, 1.807) is 11.9 Å². The number of hydrogen-bond donors (Lipinski definition) is 1. The number of carbonyl (C=O) groups is 1. The summed E-state index contributed by atoms with van der Waals surface area (Å²) < 4.78 is 0.0621. The van der Waals surface area contributed by atoms with E-state index in [0.29, 0.717) is 0 Å². The Morgan fingerprint density at radius 1 is 1.40 bits per heavy atom. The van der Waals surface area contributed by atoms with Gasteiger partial charge in [0.15, 0.2) is 0 Å². The first kappa shape index (κ1) is 14.6.